The van der Waals surface area contributed by atoms with Gasteiger partial charge >= 0.3 is 6.03 Å². The van der Waals surface area contributed by atoms with E-state index in [1.807, 2.05) is 19.9 Å². The minimum atomic E-state index is -0.569. The second-order valence-electron chi connectivity index (χ2n) is 5.94. The lowest BCUT2D eigenvalue weighted by molar-refractivity contribution is -0.123. The minimum absolute atomic E-state index is 0.0162. The van der Waals surface area contributed by atoms with Gasteiger partial charge in [-0.15, -0.1) is 0 Å². The van der Waals surface area contributed by atoms with Crippen molar-refractivity contribution in [2.75, 3.05) is 6.54 Å². The van der Waals surface area contributed by atoms with Crippen LogP contribution in [0.5, 0.6) is 0 Å². The Hall–Kier alpha value is -1.77. The number of rotatable bonds is 6. The fourth-order valence-corrected chi connectivity index (χ4v) is 2.70. The Morgan fingerprint density at radius 2 is 1.86 bits per heavy atom. The number of nitriles is 1. The molecule has 6 nitrogen and oxygen atoms in total. The largest absolute Gasteiger partial charge is 0.341 e. The molecule has 0 unspecified atom stereocenters. The molecule has 3 amide bonds. The SMILES string of the molecule is CC(C)NC(=O)N[C@@H](CC1CCCCC1)C(=O)NCC#N. The molecule has 0 aliphatic heterocycles. The predicted octanol–water partition coefficient (Wildman–Crippen LogP) is 1.67. The minimum Gasteiger partial charge on any atom is -0.341 e. The molecule has 1 fully saturated rings. The number of carbonyl (C=O) groups is 2. The van der Waals surface area contributed by atoms with Crippen LogP contribution in [0.15, 0.2) is 0 Å². The lowest BCUT2D eigenvalue weighted by atomic mass is 9.84. The zero-order valence-corrected chi connectivity index (χ0v) is 12.9. The van der Waals surface area contributed by atoms with Gasteiger partial charge in [-0.2, -0.15) is 5.26 Å². The second-order valence-corrected chi connectivity index (χ2v) is 5.94. The molecule has 0 saturated heterocycles. The summed E-state index contributed by atoms with van der Waals surface area (Å²) in [6.07, 6.45) is 6.49. The Morgan fingerprint density at radius 1 is 1.19 bits per heavy atom. The highest BCUT2D eigenvalue weighted by molar-refractivity contribution is 5.87. The first-order valence-electron chi connectivity index (χ1n) is 7.74. The molecule has 0 heterocycles. The Morgan fingerprint density at radius 3 is 2.43 bits per heavy atom. The normalized spacial score (nSPS) is 16.9. The number of nitrogens with zero attached hydrogens (tertiary/aromatic N) is 1. The fraction of sp³-hybridized carbons (Fsp3) is 0.800. The van der Waals surface area contributed by atoms with Crippen molar-refractivity contribution in [2.45, 2.75) is 64.5 Å². The van der Waals surface area contributed by atoms with E-state index in [1.54, 1.807) is 0 Å². The van der Waals surface area contributed by atoms with Gasteiger partial charge in [0.25, 0.3) is 0 Å². The maximum atomic E-state index is 12.1. The summed E-state index contributed by atoms with van der Waals surface area (Å²) in [5, 5.41) is 16.6. The van der Waals surface area contributed by atoms with Gasteiger partial charge in [0.15, 0.2) is 0 Å². The van der Waals surface area contributed by atoms with E-state index in [2.05, 4.69) is 16.0 Å². The van der Waals surface area contributed by atoms with Crippen LogP contribution in [-0.4, -0.2) is 30.6 Å². The van der Waals surface area contributed by atoms with Gasteiger partial charge in [-0.05, 0) is 26.2 Å². The van der Waals surface area contributed by atoms with Gasteiger partial charge in [-0.1, -0.05) is 32.1 Å². The molecule has 1 rings (SSSR count). The van der Waals surface area contributed by atoms with Crippen LogP contribution in [0.1, 0.15) is 52.4 Å². The average molecular weight is 294 g/mol. The van der Waals surface area contributed by atoms with Crippen LogP contribution in [0.3, 0.4) is 0 Å². The summed E-state index contributed by atoms with van der Waals surface area (Å²) in [7, 11) is 0. The third-order valence-electron chi connectivity index (χ3n) is 3.68. The van der Waals surface area contributed by atoms with Crippen molar-refractivity contribution in [1.82, 2.24) is 16.0 Å². The first-order valence-corrected chi connectivity index (χ1v) is 7.74. The average Bonchev–Trinajstić information content (AvgIpc) is 2.44. The summed E-state index contributed by atoms with van der Waals surface area (Å²) in [6, 6.07) is 0.994. The van der Waals surface area contributed by atoms with Gasteiger partial charge < -0.3 is 16.0 Å². The van der Waals surface area contributed by atoms with E-state index in [4.69, 9.17) is 5.26 Å². The summed E-state index contributed by atoms with van der Waals surface area (Å²) < 4.78 is 0. The maximum Gasteiger partial charge on any atom is 0.315 e. The Bertz CT molecular complexity index is 384. The summed E-state index contributed by atoms with van der Waals surface area (Å²) in [4.78, 5) is 23.9. The molecular weight excluding hydrogens is 268 g/mol. The van der Waals surface area contributed by atoms with Crippen molar-refractivity contribution in [3.8, 4) is 6.07 Å². The molecule has 0 radical (unpaired) electrons. The number of nitrogens with one attached hydrogen (secondary N) is 3. The Balaban J connectivity index is 2.57. The molecular formula is C15H26N4O2. The van der Waals surface area contributed by atoms with Crippen molar-refractivity contribution in [1.29, 1.82) is 5.26 Å². The number of amides is 3. The van der Waals surface area contributed by atoms with Gasteiger partial charge in [0.05, 0.1) is 6.07 Å². The third kappa shape index (κ3) is 6.98. The van der Waals surface area contributed by atoms with E-state index in [1.165, 1.54) is 19.3 Å². The van der Waals surface area contributed by atoms with Gasteiger partial charge in [-0.25, -0.2) is 4.79 Å². The topological polar surface area (TPSA) is 94.0 Å². The molecule has 1 aliphatic carbocycles. The molecule has 0 spiro atoms. The van der Waals surface area contributed by atoms with Gasteiger partial charge in [-0.3, -0.25) is 4.79 Å². The van der Waals surface area contributed by atoms with E-state index in [9.17, 15) is 9.59 Å². The number of urea groups is 1. The Labute approximate surface area is 126 Å². The zero-order chi connectivity index (χ0) is 15.7. The second kappa shape index (κ2) is 9.22. The molecule has 21 heavy (non-hydrogen) atoms. The molecule has 0 aromatic heterocycles. The number of hydrogen-bond donors (Lipinski definition) is 3. The summed E-state index contributed by atoms with van der Waals surface area (Å²) >= 11 is 0. The van der Waals surface area contributed by atoms with E-state index in [-0.39, 0.29) is 24.5 Å². The molecule has 1 atom stereocenters. The van der Waals surface area contributed by atoms with Gasteiger partial charge in [0, 0.05) is 6.04 Å². The van der Waals surface area contributed by atoms with Crippen LogP contribution in [0, 0.1) is 17.2 Å². The lowest BCUT2D eigenvalue weighted by Gasteiger charge is -2.26. The highest BCUT2D eigenvalue weighted by Gasteiger charge is 2.25. The summed E-state index contributed by atoms with van der Waals surface area (Å²) in [5.74, 6) is 0.192. The van der Waals surface area contributed by atoms with Crippen LogP contribution in [-0.2, 0) is 4.79 Å². The zero-order valence-electron chi connectivity index (χ0n) is 12.9. The van der Waals surface area contributed by atoms with Crippen LogP contribution < -0.4 is 16.0 Å². The molecule has 6 heteroatoms. The molecule has 1 saturated carbocycles. The van der Waals surface area contributed by atoms with Gasteiger partial charge in [0.2, 0.25) is 5.91 Å². The van der Waals surface area contributed by atoms with Crippen molar-refractivity contribution in [2.24, 2.45) is 5.92 Å². The van der Waals surface area contributed by atoms with Gasteiger partial charge in [0.1, 0.15) is 12.6 Å². The molecule has 3 N–H and O–H groups in total. The molecule has 0 aromatic rings. The fourth-order valence-electron chi connectivity index (χ4n) is 2.70. The third-order valence-corrected chi connectivity index (χ3v) is 3.68. The predicted molar refractivity (Wildman–Crippen MR) is 80.4 cm³/mol. The van der Waals surface area contributed by atoms with Crippen molar-refractivity contribution in [3.63, 3.8) is 0 Å². The highest BCUT2D eigenvalue weighted by atomic mass is 16.2. The summed E-state index contributed by atoms with van der Waals surface area (Å²) in [6.45, 7) is 3.70. The molecule has 0 bridgehead atoms. The van der Waals surface area contributed by atoms with E-state index in [0.29, 0.717) is 12.3 Å². The smallest absolute Gasteiger partial charge is 0.315 e. The Kier molecular flexibility index (Phi) is 7.59. The van der Waals surface area contributed by atoms with E-state index < -0.39 is 6.04 Å². The van der Waals surface area contributed by atoms with Crippen molar-refractivity contribution >= 4 is 11.9 Å². The molecule has 0 aromatic carbocycles. The first-order chi connectivity index (χ1) is 10.0. The van der Waals surface area contributed by atoms with E-state index in [0.717, 1.165) is 12.8 Å². The number of hydrogen-bond acceptors (Lipinski definition) is 3. The standard InChI is InChI=1S/C15H26N4O2/c1-11(2)18-15(21)19-13(14(20)17-9-8-16)10-12-6-4-3-5-7-12/h11-13H,3-7,9-10H2,1-2H3,(H,17,20)(H2,18,19,21)/t13-/m0/s1. The molecule has 118 valence electrons. The summed E-state index contributed by atoms with van der Waals surface area (Å²) in [5.41, 5.74) is 0. The van der Waals surface area contributed by atoms with Crippen LogP contribution in [0.25, 0.3) is 0 Å². The van der Waals surface area contributed by atoms with Crippen LogP contribution >= 0.6 is 0 Å². The number of carbonyl (C=O) groups excluding carboxylic acids is 2. The quantitative estimate of drug-likeness (QED) is 0.650. The van der Waals surface area contributed by atoms with Crippen LogP contribution in [0.4, 0.5) is 4.79 Å². The monoisotopic (exact) mass is 294 g/mol. The lowest BCUT2D eigenvalue weighted by Crippen LogP contribution is -2.52. The van der Waals surface area contributed by atoms with Crippen molar-refractivity contribution < 1.29 is 9.59 Å². The van der Waals surface area contributed by atoms with Crippen molar-refractivity contribution in [3.05, 3.63) is 0 Å². The highest BCUT2D eigenvalue weighted by Crippen LogP contribution is 2.27. The molecule has 1 aliphatic rings. The van der Waals surface area contributed by atoms with Crippen LogP contribution in [0.2, 0.25) is 0 Å². The van der Waals surface area contributed by atoms with E-state index >= 15 is 0 Å². The first kappa shape index (κ1) is 17.3. The maximum absolute atomic E-state index is 12.1.